The number of aromatic nitrogens is 3. The molecule has 3 aromatic rings. The van der Waals surface area contributed by atoms with Crippen LogP contribution in [-0.2, 0) is 13.1 Å². The van der Waals surface area contributed by atoms with E-state index in [9.17, 15) is 4.79 Å². The molecule has 0 bridgehead atoms. The lowest BCUT2D eigenvalue weighted by Crippen LogP contribution is -2.38. The Balaban J connectivity index is 1.53. The molecular weight excluding hydrogens is 344 g/mol. The maximum absolute atomic E-state index is 12.8. The summed E-state index contributed by atoms with van der Waals surface area (Å²) < 4.78 is 12.4. The number of rotatable bonds is 4. The highest BCUT2D eigenvalue weighted by Crippen LogP contribution is 2.24. The molecule has 0 radical (unpaired) electrons. The van der Waals surface area contributed by atoms with E-state index in [0.29, 0.717) is 25.2 Å². The molecule has 0 aliphatic carbocycles. The zero-order valence-corrected chi connectivity index (χ0v) is 15.3. The molecule has 1 aliphatic rings. The molecule has 1 aliphatic heterocycles. The van der Waals surface area contributed by atoms with Crippen LogP contribution in [0.3, 0.4) is 0 Å². The monoisotopic (exact) mass is 364 g/mol. The number of hydrogen-bond acceptors (Lipinski definition) is 5. The molecule has 0 unspecified atom stereocenters. The number of ether oxygens (including phenoxy) is 2. The summed E-state index contributed by atoms with van der Waals surface area (Å²) in [6, 6.07) is 14.9. The van der Waals surface area contributed by atoms with Crippen LogP contribution in [-0.4, -0.2) is 46.3 Å². The molecular formula is C20H20N4O3. The van der Waals surface area contributed by atoms with E-state index in [1.54, 1.807) is 43.4 Å². The van der Waals surface area contributed by atoms with Crippen molar-refractivity contribution in [2.45, 2.75) is 13.1 Å². The van der Waals surface area contributed by atoms with Crippen molar-refractivity contribution >= 4 is 5.91 Å². The Hall–Kier alpha value is -3.35. The van der Waals surface area contributed by atoms with Crippen LogP contribution in [0.1, 0.15) is 16.2 Å². The summed E-state index contributed by atoms with van der Waals surface area (Å²) in [5.41, 5.74) is 1.61. The van der Waals surface area contributed by atoms with Crippen molar-refractivity contribution in [2.24, 2.45) is 0 Å². The fraction of sp³-hybridized carbons (Fsp3) is 0.250. The van der Waals surface area contributed by atoms with Crippen LogP contribution in [0, 0.1) is 0 Å². The summed E-state index contributed by atoms with van der Waals surface area (Å²) in [4.78, 5) is 14.6. The lowest BCUT2D eigenvalue weighted by molar-refractivity contribution is 0.0708. The predicted molar refractivity (Wildman–Crippen MR) is 99.7 cm³/mol. The van der Waals surface area contributed by atoms with Gasteiger partial charge in [-0.15, -0.1) is 10.2 Å². The number of fused-ring (bicyclic) bond motifs is 1. The van der Waals surface area contributed by atoms with Gasteiger partial charge >= 0.3 is 0 Å². The first-order valence-electron chi connectivity index (χ1n) is 8.69. The number of hydrogen-bond donors (Lipinski definition) is 0. The molecule has 4 rings (SSSR count). The highest BCUT2D eigenvalue weighted by molar-refractivity contribution is 5.94. The highest BCUT2D eigenvalue weighted by Gasteiger charge is 2.25. The lowest BCUT2D eigenvalue weighted by Gasteiger charge is -2.28. The van der Waals surface area contributed by atoms with Crippen molar-refractivity contribution in [3.8, 4) is 22.9 Å². The van der Waals surface area contributed by atoms with E-state index in [2.05, 4.69) is 14.8 Å². The predicted octanol–water partition coefficient (Wildman–Crippen LogP) is 2.62. The molecule has 27 heavy (non-hydrogen) atoms. The minimum Gasteiger partial charge on any atom is -0.497 e. The smallest absolute Gasteiger partial charge is 0.254 e. The molecule has 0 atom stereocenters. The second kappa shape index (κ2) is 7.11. The number of carbonyl (C=O) groups excluding carboxylic acids is 1. The van der Waals surface area contributed by atoms with Gasteiger partial charge in [0.15, 0.2) is 11.6 Å². The van der Waals surface area contributed by atoms with E-state index in [4.69, 9.17) is 9.47 Å². The second-order valence-electron chi connectivity index (χ2n) is 6.28. The van der Waals surface area contributed by atoms with Crippen LogP contribution in [0.5, 0.6) is 11.5 Å². The van der Waals surface area contributed by atoms with Crippen molar-refractivity contribution in [1.82, 2.24) is 19.7 Å². The largest absolute Gasteiger partial charge is 0.497 e. The van der Waals surface area contributed by atoms with E-state index in [1.807, 2.05) is 24.3 Å². The third-order valence-electron chi connectivity index (χ3n) is 4.73. The van der Waals surface area contributed by atoms with Crippen LogP contribution >= 0.6 is 0 Å². The molecule has 2 aromatic carbocycles. The normalized spacial score (nSPS) is 13.2. The quantitative estimate of drug-likeness (QED) is 0.712. The van der Waals surface area contributed by atoms with Crippen molar-refractivity contribution in [3.63, 3.8) is 0 Å². The average molecular weight is 364 g/mol. The van der Waals surface area contributed by atoms with E-state index in [1.165, 1.54) is 0 Å². The minimum absolute atomic E-state index is 0.0158. The summed E-state index contributed by atoms with van der Waals surface area (Å²) in [5, 5.41) is 8.63. The Bertz CT molecular complexity index is 948. The zero-order valence-electron chi connectivity index (χ0n) is 15.3. The summed E-state index contributed by atoms with van der Waals surface area (Å²) in [6.45, 7) is 1.71. The van der Waals surface area contributed by atoms with Crippen molar-refractivity contribution in [1.29, 1.82) is 0 Å². The summed E-state index contributed by atoms with van der Waals surface area (Å²) in [5.74, 6) is 3.11. The molecule has 7 nitrogen and oxygen atoms in total. The first kappa shape index (κ1) is 17.1. The standard InChI is InChI=1S/C20H20N4O3/c1-26-16-7-3-14(4-8-16)19-22-21-18-13-23(11-12-24(18)19)20(25)15-5-9-17(27-2)10-6-15/h3-10H,11-13H2,1-2H3. The Morgan fingerprint density at radius 3 is 2.15 bits per heavy atom. The van der Waals surface area contributed by atoms with Crippen LogP contribution in [0.2, 0.25) is 0 Å². The van der Waals surface area contributed by atoms with Gasteiger partial charge in [-0.25, -0.2) is 0 Å². The molecule has 0 saturated carbocycles. The molecule has 0 saturated heterocycles. The molecule has 1 aromatic heterocycles. The fourth-order valence-electron chi connectivity index (χ4n) is 3.20. The van der Waals surface area contributed by atoms with Gasteiger partial charge in [0.25, 0.3) is 5.91 Å². The Kier molecular flexibility index (Phi) is 4.50. The van der Waals surface area contributed by atoms with Gasteiger partial charge in [-0.1, -0.05) is 0 Å². The van der Waals surface area contributed by atoms with E-state index < -0.39 is 0 Å². The van der Waals surface area contributed by atoms with Gasteiger partial charge in [0, 0.05) is 24.2 Å². The van der Waals surface area contributed by atoms with Crippen molar-refractivity contribution in [3.05, 3.63) is 59.9 Å². The van der Waals surface area contributed by atoms with Crippen LogP contribution in [0.4, 0.5) is 0 Å². The van der Waals surface area contributed by atoms with Crippen LogP contribution in [0.15, 0.2) is 48.5 Å². The van der Waals surface area contributed by atoms with Gasteiger partial charge in [-0.3, -0.25) is 4.79 Å². The third kappa shape index (κ3) is 3.23. The number of carbonyl (C=O) groups is 1. The number of amides is 1. The van der Waals surface area contributed by atoms with E-state index >= 15 is 0 Å². The van der Waals surface area contributed by atoms with E-state index in [0.717, 1.165) is 28.7 Å². The molecule has 0 spiro atoms. The number of nitrogens with zero attached hydrogens (tertiary/aromatic N) is 4. The second-order valence-corrected chi connectivity index (χ2v) is 6.28. The van der Waals surface area contributed by atoms with Gasteiger partial charge < -0.3 is 18.9 Å². The van der Waals surface area contributed by atoms with E-state index in [-0.39, 0.29) is 5.91 Å². The first-order valence-corrected chi connectivity index (χ1v) is 8.69. The third-order valence-corrected chi connectivity index (χ3v) is 4.73. The van der Waals surface area contributed by atoms with Gasteiger partial charge in [0.2, 0.25) is 0 Å². The van der Waals surface area contributed by atoms with Crippen molar-refractivity contribution < 1.29 is 14.3 Å². The van der Waals surface area contributed by atoms with Crippen molar-refractivity contribution in [2.75, 3.05) is 20.8 Å². The average Bonchev–Trinajstić information content (AvgIpc) is 3.16. The Labute approximate surface area is 157 Å². The molecule has 2 heterocycles. The summed E-state index contributed by atoms with van der Waals surface area (Å²) in [6.07, 6.45) is 0. The SMILES string of the molecule is COc1ccc(C(=O)N2CCn3c(nnc3-c3ccc(OC)cc3)C2)cc1. The maximum atomic E-state index is 12.8. The molecule has 0 N–H and O–H groups in total. The minimum atomic E-state index is -0.0158. The van der Waals surface area contributed by atoms with Gasteiger partial charge in [0.1, 0.15) is 11.5 Å². The lowest BCUT2D eigenvalue weighted by atomic mass is 10.1. The number of benzene rings is 2. The zero-order chi connectivity index (χ0) is 18.8. The topological polar surface area (TPSA) is 69.5 Å². The first-order chi connectivity index (χ1) is 13.2. The summed E-state index contributed by atoms with van der Waals surface area (Å²) in [7, 11) is 3.25. The maximum Gasteiger partial charge on any atom is 0.254 e. The van der Waals surface area contributed by atoms with Gasteiger partial charge in [0.05, 0.1) is 20.8 Å². The molecule has 0 fully saturated rings. The summed E-state index contributed by atoms with van der Waals surface area (Å²) >= 11 is 0. The number of methoxy groups -OCH3 is 2. The van der Waals surface area contributed by atoms with Crippen LogP contribution in [0.25, 0.3) is 11.4 Å². The molecule has 138 valence electrons. The highest BCUT2D eigenvalue weighted by atomic mass is 16.5. The Morgan fingerprint density at radius 2 is 1.52 bits per heavy atom. The van der Waals surface area contributed by atoms with Crippen LogP contribution < -0.4 is 9.47 Å². The Morgan fingerprint density at radius 1 is 0.889 bits per heavy atom. The fourth-order valence-corrected chi connectivity index (χ4v) is 3.20. The molecule has 1 amide bonds. The van der Waals surface area contributed by atoms with Gasteiger partial charge in [-0.05, 0) is 48.5 Å². The molecule has 7 heteroatoms. The van der Waals surface area contributed by atoms with Gasteiger partial charge in [-0.2, -0.15) is 0 Å².